The fourth-order valence-corrected chi connectivity index (χ4v) is 3.47. The van der Waals surface area contributed by atoms with E-state index in [4.69, 9.17) is 0 Å². The summed E-state index contributed by atoms with van der Waals surface area (Å²) in [6, 6.07) is 3.35. The molecule has 116 valence electrons. The van der Waals surface area contributed by atoms with Crippen LogP contribution in [-0.2, 0) is 9.59 Å². The minimum absolute atomic E-state index is 0.131. The normalized spacial score (nSPS) is 23.3. The maximum atomic E-state index is 12.2. The zero-order valence-electron chi connectivity index (χ0n) is 12.2. The third kappa shape index (κ3) is 4.82. The van der Waals surface area contributed by atoms with Crippen LogP contribution >= 0.6 is 11.3 Å². The highest BCUT2D eigenvalue weighted by Crippen LogP contribution is 2.23. The summed E-state index contributed by atoms with van der Waals surface area (Å²) in [4.78, 5) is 24.4. The lowest BCUT2D eigenvalue weighted by Gasteiger charge is -2.29. The lowest BCUT2D eigenvalue weighted by Crippen LogP contribution is -2.46. The quantitative estimate of drug-likeness (QED) is 0.775. The predicted molar refractivity (Wildman–Crippen MR) is 81.9 cm³/mol. The smallest absolute Gasteiger partial charge is 0.222 e. The van der Waals surface area contributed by atoms with Crippen LogP contribution in [-0.4, -0.2) is 29.1 Å². The second-order valence-electron chi connectivity index (χ2n) is 5.50. The first-order chi connectivity index (χ1) is 10.1. The molecule has 0 aliphatic heterocycles. The third-order valence-electron chi connectivity index (χ3n) is 3.73. The van der Waals surface area contributed by atoms with Crippen molar-refractivity contribution < 1.29 is 14.7 Å². The monoisotopic (exact) mass is 310 g/mol. The van der Waals surface area contributed by atoms with Crippen molar-refractivity contribution in [2.75, 3.05) is 0 Å². The van der Waals surface area contributed by atoms with E-state index < -0.39 is 6.10 Å². The number of thiophene rings is 1. The maximum absolute atomic E-state index is 12.2. The zero-order valence-corrected chi connectivity index (χ0v) is 13.0. The summed E-state index contributed by atoms with van der Waals surface area (Å²) in [5.74, 6) is -0.285. The van der Waals surface area contributed by atoms with Gasteiger partial charge in [-0.15, -0.1) is 11.3 Å². The number of carbonyl (C=O) groups excluding carboxylic acids is 2. The van der Waals surface area contributed by atoms with Crippen molar-refractivity contribution in [1.82, 2.24) is 10.6 Å². The Labute approximate surface area is 128 Å². The lowest BCUT2D eigenvalue weighted by atomic mass is 9.92. The van der Waals surface area contributed by atoms with E-state index >= 15 is 0 Å². The van der Waals surface area contributed by atoms with Gasteiger partial charge in [0.1, 0.15) is 0 Å². The Kier molecular flexibility index (Phi) is 5.76. The van der Waals surface area contributed by atoms with Gasteiger partial charge in [0.15, 0.2) is 0 Å². The summed E-state index contributed by atoms with van der Waals surface area (Å²) in [5, 5.41) is 17.5. The Morgan fingerprint density at radius 3 is 2.81 bits per heavy atom. The average Bonchev–Trinajstić information content (AvgIpc) is 2.94. The van der Waals surface area contributed by atoms with Crippen LogP contribution in [0.1, 0.15) is 49.9 Å². The van der Waals surface area contributed by atoms with Crippen molar-refractivity contribution in [3.8, 4) is 0 Å². The number of hydrogen-bond donors (Lipinski definition) is 3. The second kappa shape index (κ2) is 7.56. The van der Waals surface area contributed by atoms with Crippen LogP contribution in [0.4, 0.5) is 0 Å². The lowest BCUT2D eigenvalue weighted by molar-refractivity contribution is -0.124. The van der Waals surface area contributed by atoms with Crippen LogP contribution in [0.15, 0.2) is 17.5 Å². The van der Waals surface area contributed by atoms with Crippen molar-refractivity contribution in [1.29, 1.82) is 0 Å². The Balaban J connectivity index is 1.93. The summed E-state index contributed by atoms with van der Waals surface area (Å²) >= 11 is 1.52. The van der Waals surface area contributed by atoms with Gasteiger partial charge in [-0.1, -0.05) is 18.9 Å². The Hall–Kier alpha value is -1.40. The highest BCUT2D eigenvalue weighted by Gasteiger charge is 2.26. The molecule has 0 saturated heterocycles. The van der Waals surface area contributed by atoms with Crippen molar-refractivity contribution in [2.24, 2.45) is 0 Å². The molecule has 1 aliphatic carbocycles. The molecule has 3 unspecified atom stereocenters. The number of nitrogens with one attached hydrogen (secondary N) is 2. The van der Waals surface area contributed by atoms with Gasteiger partial charge in [-0.2, -0.15) is 0 Å². The molecule has 6 heteroatoms. The number of rotatable bonds is 5. The molecule has 0 radical (unpaired) electrons. The van der Waals surface area contributed by atoms with Gasteiger partial charge in [-0.25, -0.2) is 0 Å². The molecule has 2 rings (SSSR count). The van der Waals surface area contributed by atoms with Gasteiger partial charge >= 0.3 is 0 Å². The minimum Gasteiger partial charge on any atom is -0.391 e. The number of aliphatic hydroxyl groups excluding tert-OH is 1. The first kappa shape index (κ1) is 16.0. The molecule has 0 bridgehead atoms. The van der Waals surface area contributed by atoms with E-state index in [-0.39, 0.29) is 30.3 Å². The molecule has 0 aromatic carbocycles. The van der Waals surface area contributed by atoms with E-state index in [0.29, 0.717) is 0 Å². The molecule has 1 fully saturated rings. The van der Waals surface area contributed by atoms with Gasteiger partial charge in [0.25, 0.3) is 0 Å². The van der Waals surface area contributed by atoms with Crippen molar-refractivity contribution >= 4 is 23.2 Å². The molecule has 5 nitrogen and oxygen atoms in total. The molecule has 1 aromatic heterocycles. The number of aliphatic hydroxyl groups is 1. The van der Waals surface area contributed by atoms with Crippen LogP contribution < -0.4 is 10.6 Å². The van der Waals surface area contributed by atoms with E-state index in [2.05, 4.69) is 10.6 Å². The molecule has 1 aromatic rings. The predicted octanol–water partition coefficient (Wildman–Crippen LogP) is 1.74. The summed E-state index contributed by atoms with van der Waals surface area (Å²) in [5.41, 5.74) is 0. The van der Waals surface area contributed by atoms with Crippen LogP contribution in [0.25, 0.3) is 0 Å². The standard InChI is InChI=1S/C15H22N2O3S/c1-10(18)16-12(14-7-4-8-21-14)9-15(20)17-11-5-2-3-6-13(11)19/h4,7-8,11-13,19H,2-3,5-6,9H2,1H3,(H,16,18)(H,17,20). The van der Waals surface area contributed by atoms with Crippen LogP contribution in [0, 0.1) is 0 Å². The molecule has 1 aliphatic rings. The SMILES string of the molecule is CC(=O)NC(CC(=O)NC1CCCCC1O)c1cccs1. The minimum atomic E-state index is -0.455. The number of amides is 2. The van der Waals surface area contributed by atoms with Crippen molar-refractivity contribution in [2.45, 2.75) is 57.2 Å². The largest absolute Gasteiger partial charge is 0.391 e. The van der Waals surface area contributed by atoms with E-state index in [1.807, 2.05) is 17.5 Å². The summed E-state index contributed by atoms with van der Waals surface area (Å²) in [6.07, 6.45) is 3.34. The Bertz CT molecular complexity index is 475. The van der Waals surface area contributed by atoms with Crippen molar-refractivity contribution in [3.63, 3.8) is 0 Å². The molecular formula is C15H22N2O3S. The van der Waals surface area contributed by atoms with Gasteiger partial charge in [0.05, 0.1) is 24.6 Å². The summed E-state index contributed by atoms with van der Waals surface area (Å²) in [7, 11) is 0. The summed E-state index contributed by atoms with van der Waals surface area (Å²) in [6.45, 7) is 1.45. The molecule has 3 N–H and O–H groups in total. The highest BCUT2D eigenvalue weighted by molar-refractivity contribution is 7.10. The van der Waals surface area contributed by atoms with Crippen LogP contribution in [0.2, 0.25) is 0 Å². The van der Waals surface area contributed by atoms with E-state index in [0.717, 1.165) is 30.6 Å². The Morgan fingerprint density at radius 2 is 2.19 bits per heavy atom. The molecule has 3 atom stereocenters. The molecule has 1 saturated carbocycles. The molecule has 0 spiro atoms. The van der Waals surface area contributed by atoms with Gasteiger partial charge in [0.2, 0.25) is 11.8 Å². The zero-order chi connectivity index (χ0) is 15.2. The van der Waals surface area contributed by atoms with E-state index in [9.17, 15) is 14.7 Å². The number of carbonyl (C=O) groups is 2. The summed E-state index contributed by atoms with van der Waals surface area (Å²) < 4.78 is 0. The third-order valence-corrected chi connectivity index (χ3v) is 4.72. The highest BCUT2D eigenvalue weighted by atomic mass is 32.1. The van der Waals surface area contributed by atoms with Gasteiger partial charge in [-0.3, -0.25) is 9.59 Å². The first-order valence-electron chi connectivity index (χ1n) is 7.34. The van der Waals surface area contributed by atoms with Crippen LogP contribution in [0.3, 0.4) is 0 Å². The second-order valence-corrected chi connectivity index (χ2v) is 6.48. The molecule has 2 amide bonds. The molecule has 1 heterocycles. The van der Waals surface area contributed by atoms with Gasteiger partial charge in [-0.05, 0) is 24.3 Å². The fraction of sp³-hybridized carbons (Fsp3) is 0.600. The van der Waals surface area contributed by atoms with E-state index in [1.165, 1.54) is 18.3 Å². The first-order valence-corrected chi connectivity index (χ1v) is 8.22. The average molecular weight is 310 g/mol. The van der Waals surface area contributed by atoms with Crippen molar-refractivity contribution in [3.05, 3.63) is 22.4 Å². The van der Waals surface area contributed by atoms with Crippen LogP contribution in [0.5, 0.6) is 0 Å². The maximum Gasteiger partial charge on any atom is 0.222 e. The van der Waals surface area contributed by atoms with E-state index in [1.54, 1.807) is 0 Å². The van der Waals surface area contributed by atoms with Gasteiger partial charge in [0, 0.05) is 11.8 Å². The molecule has 21 heavy (non-hydrogen) atoms. The van der Waals surface area contributed by atoms with Gasteiger partial charge < -0.3 is 15.7 Å². The number of hydrogen-bond acceptors (Lipinski definition) is 4. The Morgan fingerprint density at radius 1 is 1.43 bits per heavy atom. The molecular weight excluding hydrogens is 288 g/mol. The fourth-order valence-electron chi connectivity index (χ4n) is 2.69. The topological polar surface area (TPSA) is 78.4 Å².